The number of hydrogen-bond acceptors (Lipinski definition) is 4. The van der Waals surface area contributed by atoms with Crippen molar-refractivity contribution >= 4 is 11.8 Å². The summed E-state index contributed by atoms with van der Waals surface area (Å²) in [6.07, 6.45) is -0.0939. The van der Waals surface area contributed by atoms with Gasteiger partial charge in [-0.3, -0.25) is 0 Å². The summed E-state index contributed by atoms with van der Waals surface area (Å²) in [5.74, 6) is 0. The Kier molecular flexibility index (Phi) is 5.18. The van der Waals surface area contributed by atoms with Crippen LogP contribution < -0.4 is 0 Å². The highest BCUT2D eigenvalue weighted by Crippen LogP contribution is 2.54. The van der Waals surface area contributed by atoms with Crippen LogP contribution in [0.15, 0.2) is 91.0 Å². The molecule has 0 aliphatic carbocycles. The van der Waals surface area contributed by atoms with Crippen molar-refractivity contribution in [2.45, 2.75) is 28.5 Å². The van der Waals surface area contributed by atoms with Gasteiger partial charge in [-0.2, -0.15) is 0 Å². The average molecular weight is 405 g/mol. The van der Waals surface area contributed by atoms with Gasteiger partial charge < -0.3 is 14.2 Å². The quantitative estimate of drug-likeness (QED) is 0.416. The van der Waals surface area contributed by atoms with Crippen molar-refractivity contribution in [2.24, 2.45) is 0 Å². The van der Waals surface area contributed by atoms with Crippen molar-refractivity contribution in [2.75, 3.05) is 13.7 Å². The van der Waals surface area contributed by atoms with Crippen molar-refractivity contribution in [3.8, 4) is 0 Å². The lowest BCUT2D eigenvalue weighted by Gasteiger charge is -2.37. The third-order valence-electron chi connectivity index (χ3n) is 5.74. The SMILES string of the molecule is CO[C@H]1O[C@@H](COC(c2ccccc2)(c2ccccc2)c2ccccc2)[C@@H]2S[C@H]12. The summed E-state index contributed by atoms with van der Waals surface area (Å²) in [5, 5.41) is 0.896. The van der Waals surface area contributed by atoms with Crippen LogP contribution in [0, 0.1) is 0 Å². The van der Waals surface area contributed by atoms with E-state index in [1.807, 2.05) is 30.0 Å². The van der Waals surface area contributed by atoms with Gasteiger partial charge in [0.2, 0.25) is 0 Å². The van der Waals surface area contributed by atoms with Gasteiger partial charge in [0.05, 0.1) is 23.2 Å². The zero-order valence-electron chi connectivity index (χ0n) is 16.3. The molecule has 3 aromatic rings. The Morgan fingerprint density at radius 2 is 1.24 bits per heavy atom. The third kappa shape index (κ3) is 3.40. The van der Waals surface area contributed by atoms with E-state index in [0.717, 1.165) is 16.7 Å². The summed E-state index contributed by atoms with van der Waals surface area (Å²) in [6, 6.07) is 31.4. The van der Waals surface area contributed by atoms with E-state index >= 15 is 0 Å². The summed E-state index contributed by atoms with van der Waals surface area (Å²) in [7, 11) is 1.71. The van der Waals surface area contributed by atoms with E-state index in [-0.39, 0.29) is 12.4 Å². The highest BCUT2D eigenvalue weighted by atomic mass is 32.2. The number of ether oxygens (including phenoxy) is 3. The summed E-state index contributed by atoms with van der Waals surface area (Å²) in [4.78, 5) is 0. The molecular formula is C25H24O3S. The minimum atomic E-state index is -0.701. The Morgan fingerprint density at radius 1 is 0.759 bits per heavy atom. The molecule has 3 nitrogen and oxygen atoms in total. The molecule has 148 valence electrons. The second-order valence-corrected chi connectivity index (χ2v) is 8.80. The molecule has 2 saturated heterocycles. The van der Waals surface area contributed by atoms with E-state index in [9.17, 15) is 0 Å². The summed E-state index contributed by atoms with van der Waals surface area (Å²) >= 11 is 1.93. The molecule has 3 aromatic carbocycles. The van der Waals surface area contributed by atoms with Crippen LogP contribution in [0.3, 0.4) is 0 Å². The molecule has 0 N–H and O–H groups in total. The second-order valence-electron chi connectivity index (χ2n) is 7.43. The Hall–Kier alpha value is -2.11. The first-order valence-corrected chi connectivity index (χ1v) is 10.9. The first kappa shape index (κ1) is 18.9. The predicted octanol–water partition coefficient (Wildman–Crippen LogP) is 4.85. The van der Waals surface area contributed by atoms with Crippen LogP contribution in [0.5, 0.6) is 0 Å². The van der Waals surface area contributed by atoms with Gasteiger partial charge in [-0.1, -0.05) is 91.0 Å². The first-order chi connectivity index (χ1) is 14.3. The van der Waals surface area contributed by atoms with E-state index in [4.69, 9.17) is 14.2 Å². The maximum absolute atomic E-state index is 6.87. The molecule has 29 heavy (non-hydrogen) atoms. The van der Waals surface area contributed by atoms with Crippen molar-refractivity contribution in [3.63, 3.8) is 0 Å². The van der Waals surface area contributed by atoms with E-state index in [2.05, 4.69) is 72.8 Å². The lowest BCUT2D eigenvalue weighted by Crippen LogP contribution is -2.37. The molecule has 0 aromatic heterocycles. The zero-order valence-corrected chi connectivity index (χ0v) is 17.1. The molecule has 0 radical (unpaired) electrons. The monoisotopic (exact) mass is 404 g/mol. The van der Waals surface area contributed by atoms with Gasteiger partial charge >= 0.3 is 0 Å². The Labute approximate surface area is 176 Å². The van der Waals surface area contributed by atoms with Crippen LogP contribution in [0.1, 0.15) is 16.7 Å². The van der Waals surface area contributed by atoms with Crippen LogP contribution >= 0.6 is 11.8 Å². The van der Waals surface area contributed by atoms with Crippen LogP contribution in [0.25, 0.3) is 0 Å². The molecular weight excluding hydrogens is 380 g/mol. The molecule has 0 unspecified atom stereocenters. The summed E-state index contributed by atoms with van der Waals surface area (Å²) in [6.45, 7) is 0.507. The molecule has 0 saturated carbocycles. The number of fused-ring (bicyclic) bond motifs is 1. The topological polar surface area (TPSA) is 27.7 Å². The lowest BCUT2D eigenvalue weighted by atomic mass is 9.80. The van der Waals surface area contributed by atoms with Crippen molar-refractivity contribution in [1.29, 1.82) is 0 Å². The summed E-state index contributed by atoms with van der Waals surface area (Å²) < 4.78 is 18.5. The van der Waals surface area contributed by atoms with Crippen molar-refractivity contribution < 1.29 is 14.2 Å². The number of rotatable bonds is 7. The maximum Gasteiger partial charge on any atom is 0.170 e. The molecule has 4 heteroatoms. The molecule has 0 bridgehead atoms. The first-order valence-electron chi connectivity index (χ1n) is 9.97. The van der Waals surface area contributed by atoms with Crippen LogP contribution in [-0.4, -0.2) is 36.6 Å². The zero-order chi connectivity index (χ0) is 19.7. The Bertz CT molecular complexity index is 835. The van der Waals surface area contributed by atoms with Crippen LogP contribution in [-0.2, 0) is 19.8 Å². The van der Waals surface area contributed by atoms with Crippen LogP contribution in [0.4, 0.5) is 0 Å². The lowest BCUT2D eigenvalue weighted by molar-refractivity contribution is -0.138. The fourth-order valence-corrected chi connectivity index (χ4v) is 5.48. The molecule has 2 heterocycles. The molecule has 0 amide bonds. The smallest absolute Gasteiger partial charge is 0.170 e. The van der Waals surface area contributed by atoms with E-state index < -0.39 is 5.60 Å². The Balaban J connectivity index is 1.57. The average Bonchev–Trinajstić information content (AvgIpc) is 3.52. The van der Waals surface area contributed by atoms with Crippen molar-refractivity contribution in [3.05, 3.63) is 108 Å². The Morgan fingerprint density at radius 3 is 1.66 bits per heavy atom. The molecule has 0 spiro atoms. The highest BCUT2D eigenvalue weighted by molar-refractivity contribution is 8.07. The predicted molar refractivity (Wildman–Crippen MR) is 116 cm³/mol. The number of benzene rings is 3. The van der Waals surface area contributed by atoms with E-state index in [1.165, 1.54) is 0 Å². The maximum atomic E-state index is 6.87. The number of thioether (sulfide) groups is 1. The third-order valence-corrected chi connectivity index (χ3v) is 7.17. The van der Waals surface area contributed by atoms with Gasteiger partial charge in [-0.25, -0.2) is 0 Å². The fourth-order valence-electron chi connectivity index (χ4n) is 4.28. The molecule has 5 rings (SSSR count). The van der Waals surface area contributed by atoms with Crippen molar-refractivity contribution in [1.82, 2.24) is 0 Å². The van der Waals surface area contributed by atoms with Gasteiger partial charge in [0.25, 0.3) is 0 Å². The van der Waals surface area contributed by atoms with Gasteiger partial charge in [-0.15, -0.1) is 11.8 Å². The molecule has 2 fully saturated rings. The van der Waals surface area contributed by atoms with E-state index in [1.54, 1.807) is 7.11 Å². The summed E-state index contributed by atoms with van der Waals surface area (Å²) in [5.41, 5.74) is 2.63. The standard InChI is InChI=1S/C25H24O3S/c1-26-24-23-22(29-23)21(28-24)17-27-25(18-11-5-2-6-12-18,19-13-7-3-8-14-19)20-15-9-4-10-16-20/h2-16,21-24H,17H2,1H3/t21-,22-,23-,24-/m0/s1. The van der Waals surface area contributed by atoms with Gasteiger partial charge in [0.1, 0.15) is 5.60 Å². The molecule has 2 aliphatic rings. The van der Waals surface area contributed by atoms with Gasteiger partial charge in [0.15, 0.2) is 6.29 Å². The molecule has 4 atom stereocenters. The minimum Gasteiger partial charge on any atom is -0.358 e. The van der Waals surface area contributed by atoms with Gasteiger partial charge in [-0.05, 0) is 16.7 Å². The normalized spacial score (nSPS) is 25.6. The second kappa shape index (κ2) is 7.96. The number of methoxy groups -OCH3 is 1. The largest absolute Gasteiger partial charge is 0.358 e. The fraction of sp³-hybridized carbons (Fsp3) is 0.280. The van der Waals surface area contributed by atoms with E-state index in [0.29, 0.717) is 17.1 Å². The minimum absolute atomic E-state index is 0.0328. The number of hydrogen-bond donors (Lipinski definition) is 0. The van der Waals surface area contributed by atoms with Crippen LogP contribution in [0.2, 0.25) is 0 Å². The van der Waals surface area contributed by atoms with Gasteiger partial charge in [0, 0.05) is 7.11 Å². The highest BCUT2D eigenvalue weighted by Gasteiger charge is 2.58. The molecule has 2 aliphatic heterocycles.